The summed E-state index contributed by atoms with van der Waals surface area (Å²) in [4.78, 5) is 4.86. The van der Waals surface area contributed by atoms with Crippen molar-refractivity contribution in [1.82, 2.24) is 9.55 Å². The average molecular weight is 285 g/mol. The molecule has 0 atom stereocenters. The first kappa shape index (κ1) is 14.0. The molecule has 1 aliphatic carbocycles. The third kappa shape index (κ3) is 2.39. The molecule has 1 heterocycles. The van der Waals surface area contributed by atoms with Crippen LogP contribution in [0.1, 0.15) is 43.0 Å². The van der Waals surface area contributed by atoms with Crippen molar-refractivity contribution in [2.75, 3.05) is 12.8 Å². The number of aryl methyl sites for hydroxylation is 1. The van der Waals surface area contributed by atoms with E-state index in [1.54, 1.807) is 7.11 Å². The lowest BCUT2D eigenvalue weighted by atomic mass is 10.1. The van der Waals surface area contributed by atoms with Crippen LogP contribution in [0.5, 0.6) is 5.75 Å². The summed E-state index contributed by atoms with van der Waals surface area (Å²) in [6.45, 7) is 2.04. The van der Waals surface area contributed by atoms with Crippen LogP contribution >= 0.6 is 0 Å². The predicted molar refractivity (Wildman–Crippen MR) is 85.6 cm³/mol. The van der Waals surface area contributed by atoms with E-state index in [2.05, 4.69) is 10.6 Å². The van der Waals surface area contributed by atoms with Crippen molar-refractivity contribution < 1.29 is 4.74 Å². The molecule has 4 heteroatoms. The molecule has 1 aromatic carbocycles. The number of benzene rings is 1. The lowest BCUT2D eigenvalue weighted by molar-refractivity contribution is 0.412. The third-order valence-corrected chi connectivity index (χ3v) is 4.56. The minimum atomic E-state index is 0.561. The van der Waals surface area contributed by atoms with Gasteiger partial charge in [-0.3, -0.25) is 0 Å². The molecule has 0 saturated heterocycles. The van der Waals surface area contributed by atoms with Crippen molar-refractivity contribution in [3.8, 4) is 17.0 Å². The highest BCUT2D eigenvalue weighted by Gasteiger charge is 2.24. The van der Waals surface area contributed by atoms with Crippen LogP contribution in [0.15, 0.2) is 18.2 Å². The number of ether oxygens (including phenoxy) is 1. The Morgan fingerprint density at radius 1 is 1.29 bits per heavy atom. The Hall–Kier alpha value is -1.97. The molecule has 1 saturated carbocycles. The molecule has 0 radical (unpaired) electrons. The summed E-state index contributed by atoms with van der Waals surface area (Å²) < 4.78 is 7.38. The van der Waals surface area contributed by atoms with Crippen molar-refractivity contribution in [3.63, 3.8) is 0 Å². The molecule has 0 aliphatic heterocycles. The molecule has 1 fully saturated rings. The van der Waals surface area contributed by atoms with E-state index in [1.165, 1.54) is 25.7 Å². The van der Waals surface area contributed by atoms with Crippen molar-refractivity contribution in [2.45, 2.75) is 38.5 Å². The average Bonchev–Trinajstić information content (AvgIpc) is 3.09. The molecular formula is C17H23N3O. The number of rotatable bonds is 3. The molecule has 0 spiro atoms. The Morgan fingerprint density at radius 2 is 2.00 bits per heavy atom. The van der Waals surface area contributed by atoms with Gasteiger partial charge in [-0.1, -0.05) is 12.8 Å². The molecule has 112 valence electrons. The van der Waals surface area contributed by atoms with Gasteiger partial charge in [0, 0.05) is 18.5 Å². The minimum Gasteiger partial charge on any atom is -0.496 e. The Bertz CT molecular complexity index is 654. The van der Waals surface area contributed by atoms with E-state index in [-0.39, 0.29) is 0 Å². The summed E-state index contributed by atoms with van der Waals surface area (Å²) in [7, 11) is 3.71. The highest BCUT2D eigenvalue weighted by molar-refractivity contribution is 5.72. The van der Waals surface area contributed by atoms with E-state index in [0.717, 1.165) is 34.2 Å². The molecule has 1 aliphatic rings. The van der Waals surface area contributed by atoms with Gasteiger partial charge in [0.15, 0.2) is 0 Å². The van der Waals surface area contributed by atoms with Crippen LogP contribution in [0.25, 0.3) is 11.3 Å². The summed E-state index contributed by atoms with van der Waals surface area (Å²) in [6.07, 6.45) is 5.06. The predicted octanol–water partition coefficient (Wildman–Crippen LogP) is 3.64. The Labute approximate surface area is 125 Å². The van der Waals surface area contributed by atoms with Crippen LogP contribution in [0.4, 0.5) is 5.82 Å². The standard InChI is InChI=1S/C17H23N3O/c1-11-10-13(8-9-14(11)21-3)15-16(18)20(2)17(19-15)12-6-4-5-7-12/h8-10,12H,4-7,18H2,1-3H3. The van der Waals surface area contributed by atoms with E-state index < -0.39 is 0 Å². The molecule has 1 aromatic heterocycles. The smallest absolute Gasteiger partial charge is 0.131 e. The van der Waals surface area contributed by atoms with Crippen molar-refractivity contribution in [2.24, 2.45) is 7.05 Å². The summed E-state index contributed by atoms with van der Waals surface area (Å²) in [5.74, 6) is 3.34. The van der Waals surface area contributed by atoms with Crippen LogP contribution < -0.4 is 10.5 Å². The van der Waals surface area contributed by atoms with Crippen molar-refractivity contribution in [1.29, 1.82) is 0 Å². The summed E-state index contributed by atoms with van der Waals surface area (Å²) in [6, 6.07) is 6.10. The van der Waals surface area contributed by atoms with Crippen molar-refractivity contribution >= 4 is 5.82 Å². The largest absolute Gasteiger partial charge is 0.496 e. The highest BCUT2D eigenvalue weighted by Crippen LogP contribution is 2.37. The number of imidazole rings is 1. The number of aromatic nitrogens is 2. The van der Waals surface area contributed by atoms with Gasteiger partial charge in [-0.25, -0.2) is 4.98 Å². The second kappa shape index (κ2) is 5.43. The van der Waals surface area contributed by atoms with Gasteiger partial charge in [0.25, 0.3) is 0 Å². The number of nitrogens with zero attached hydrogens (tertiary/aromatic N) is 2. The fourth-order valence-electron chi connectivity index (χ4n) is 3.32. The molecule has 0 amide bonds. The maximum Gasteiger partial charge on any atom is 0.131 e. The van der Waals surface area contributed by atoms with E-state index >= 15 is 0 Å². The van der Waals surface area contributed by atoms with Crippen LogP contribution in [-0.2, 0) is 7.05 Å². The molecule has 0 unspecified atom stereocenters. The van der Waals surface area contributed by atoms with E-state index in [0.29, 0.717) is 5.92 Å². The molecule has 3 rings (SSSR count). The molecular weight excluding hydrogens is 262 g/mol. The molecule has 2 N–H and O–H groups in total. The van der Waals surface area contributed by atoms with Crippen LogP contribution in [0, 0.1) is 6.92 Å². The highest BCUT2D eigenvalue weighted by atomic mass is 16.5. The Morgan fingerprint density at radius 3 is 2.62 bits per heavy atom. The molecule has 0 bridgehead atoms. The number of hydrogen-bond acceptors (Lipinski definition) is 3. The van der Waals surface area contributed by atoms with Gasteiger partial charge in [-0.2, -0.15) is 0 Å². The van der Waals surface area contributed by atoms with E-state index in [9.17, 15) is 0 Å². The number of hydrogen-bond donors (Lipinski definition) is 1. The lowest BCUT2D eigenvalue weighted by Crippen LogP contribution is -2.05. The fourth-order valence-corrected chi connectivity index (χ4v) is 3.32. The quantitative estimate of drug-likeness (QED) is 0.936. The zero-order valence-electron chi connectivity index (χ0n) is 13.0. The van der Waals surface area contributed by atoms with Gasteiger partial charge in [0.1, 0.15) is 23.1 Å². The van der Waals surface area contributed by atoms with Crippen LogP contribution in [0.2, 0.25) is 0 Å². The van der Waals surface area contributed by atoms with Crippen LogP contribution in [-0.4, -0.2) is 16.7 Å². The topological polar surface area (TPSA) is 53.1 Å². The zero-order valence-corrected chi connectivity index (χ0v) is 13.0. The maximum atomic E-state index is 6.29. The number of nitrogen functional groups attached to an aromatic ring is 1. The molecule has 4 nitrogen and oxygen atoms in total. The minimum absolute atomic E-state index is 0.561. The first-order valence-electron chi connectivity index (χ1n) is 7.59. The monoisotopic (exact) mass is 285 g/mol. The number of methoxy groups -OCH3 is 1. The summed E-state index contributed by atoms with van der Waals surface area (Å²) in [5, 5.41) is 0. The van der Waals surface area contributed by atoms with Gasteiger partial charge in [0.05, 0.1) is 7.11 Å². The Balaban J connectivity index is 2.02. The summed E-state index contributed by atoms with van der Waals surface area (Å²) >= 11 is 0. The SMILES string of the molecule is COc1ccc(-c2nc(C3CCCC3)n(C)c2N)cc1C. The lowest BCUT2D eigenvalue weighted by Gasteiger charge is -2.08. The first-order chi connectivity index (χ1) is 10.1. The maximum absolute atomic E-state index is 6.29. The Kier molecular flexibility index (Phi) is 3.62. The third-order valence-electron chi connectivity index (χ3n) is 4.56. The number of anilines is 1. The van der Waals surface area contributed by atoms with Gasteiger partial charge in [-0.05, 0) is 43.5 Å². The van der Waals surface area contributed by atoms with Gasteiger partial charge in [-0.15, -0.1) is 0 Å². The zero-order chi connectivity index (χ0) is 15.0. The van der Waals surface area contributed by atoms with Gasteiger partial charge >= 0.3 is 0 Å². The summed E-state index contributed by atoms with van der Waals surface area (Å²) in [5.41, 5.74) is 9.35. The number of nitrogens with two attached hydrogens (primary N) is 1. The second-order valence-electron chi connectivity index (χ2n) is 5.93. The molecule has 2 aromatic rings. The van der Waals surface area contributed by atoms with Gasteiger partial charge in [0.2, 0.25) is 0 Å². The van der Waals surface area contributed by atoms with Gasteiger partial charge < -0.3 is 15.0 Å². The normalized spacial score (nSPS) is 15.6. The van der Waals surface area contributed by atoms with E-state index in [1.807, 2.05) is 26.1 Å². The van der Waals surface area contributed by atoms with Crippen LogP contribution in [0.3, 0.4) is 0 Å². The first-order valence-corrected chi connectivity index (χ1v) is 7.59. The fraction of sp³-hybridized carbons (Fsp3) is 0.471. The van der Waals surface area contributed by atoms with E-state index in [4.69, 9.17) is 15.5 Å². The molecule has 21 heavy (non-hydrogen) atoms. The van der Waals surface area contributed by atoms with Crippen molar-refractivity contribution in [3.05, 3.63) is 29.6 Å². The second-order valence-corrected chi connectivity index (χ2v) is 5.93.